The Morgan fingerprint density at radius 1 is 1.17 bits per heavy atom. The molecule has 0 atom stereocenters. The zero-order valence-electron chi connectivity index (χ0n) is 10.6. The van der Waals surface area contributed by atoms with E-state index in [0.29, 0.717) is 5.69 Å². The lowest BCUT2D eigenvalue weighted by atomic mass is 10.2. The van der Waals surface area contributed by atoms with Gasteiger partial charge in [-0.25, -0.2) is 8.78 Å². The molecule has 1 aromatic carbocycles. The largest absolute Gasteiger partial charge is 0.367 e. The van der Waals surface area contributed by atoms with Crippen molar-refractivity contribution in [2.45, 2.75) is 6.92 Å². The Bertz CT molecular complexity index is 424. The summed E-state index contributed by atoms with van der Waals surface area (Å²) in [7, 11) is 0. The Kier molecular flexibility index (Phi) is 4.31. The molecule has 1 fully saturated rings. The molecule has 0 aliphatic carbocycles. The van der Waals surface area contributed by atoms with Gasteiger partial charge in [-0.3, -0.25) is 4.90 Å². The topological polar surface area (TPSA) is 6.48 Å². The molecule has 0 saturated carbocycles. The van der Waals surface area contributed by atoms with Gasteiger partial charge in [-0.05, 0) is 19.1 Å². The minimum atomic E-state index is -0.525. The van der Waals surface area contributed by atoms with Gasteiger partial charge in [0.25, 0.3) is 0 Å². The molecule has 0 N–H and O–H groups in total. The molecule has 2 nitrogen and oxygen atoms in total. The van der Waals surface area contributed by atoms with Gasteiger partial charge in [0.1, 0.15) is 11.6 Å². The predicted octanol–water partition coefficient (Wildman–Crippen LogP) is 2.66. The molecule has 1 aromatic rings. The lowest BCUT2D eigenvalue weighted by Crippen LogP contribution is -2.46. The van der Waals surface area contributed by atoms with E-state index in [0.717, 1.165) is 38.8 Å². The summed E-state index contributed by atoms with van der Waals surface area (Å²) in [6, 6.07) is 3.78. The molecule has 98 valence electrons. The van der Waals surface area contributed by atoms with Crippen molar-refractivity contribution in [2.75, 3.05) is 37.6 Å². The summed E-state index contributed by atoms with van der Waals surface area (Å²) >= 11 is 0. The molecular formula is C14H18F2N2. The summed E-state index contributed by atoms with van der Waals surface area (Å²) in [6.07, 6.45) is 4.15. The van der Waals surface area contributed by atoms with Gasteiger partial charge in [-0.1, -0.05) is 12.2 Å². The summed E-state index contributed by atoms with van der Waals surface area (Å²) in [5.41, 5.74) is 0.502. The molecule has 4 heteroatoms. The zero-order valence-corrected chi connectivity index (χ0v) is 10.6. The third kappa shape index (κ3) is 3.07. The van der Waals surface area contributed by atoms with Crippen LogP contribution in [0.15, 0.2) is 30.4 Å². The maximum Gasteiger partial charge on any atom is 0.149 e. The van der Waals surface area contributed by atoms with Crippen LogP contribution in [-0.2, 0) is 0 Å². The van der Waals surface area contributed by atoms with Crippen molar-refractivity contribution in [2.24, 2.45) is 0 Å². The van der Waals surface area contributed by atoms with Crippen molar-refractivity contribution < 1.29 is 8.78 Å². The van der Waals surface area contributed by atoms with Crippen molar-refractivity contribution in [3.63, 3.8) is 0 Å². The molecule has 0 bridgehead atoms. The normalized spacial score (nSPS) is 17.6. The van der Waals surface area contributed by atoms with Crippen molar-refractivity contribution in [3.8, 4) is 0 Å². The van der Waals surface area contributed by atoms with E-state index in [-0.39, 0.29) is 0 Å². The van der Waals surface area contributed by atoms with Gasteiger partial charge in [-0.2, -0.15) is 0 Å². The van der Waals surface area contributed by atoms with Gasteiger partial charge < -0.3 is 4.90 Å². The molecule has 18 heavy (non-hydrogen) atoms. The van der Waals surface area contributed by atoms with Gasteiger partial charge in [-0.15, -0.1) is 0 Å². The highest BCUT2D eigenvalue weighted by Crippen LogP contribution is 2.21. The molecular weight excluding hydrogens is 234 g/mol. The van der Waals surface area contributed by atoms with Crippen LogP contribution >= 0.6 is 0 Å². The summed E-state index contributed by atoms with van der Waals surface area (Å²) in [5.74, 6) is -1.00. The highest BCUT2D eigenvalue weighted by Gasteiger charge is 2.18. The number of nitrogens with zero attached hydrogens (tertiary/aromatic N) is 2. The monoisotopic (exact) mass is 252 g/mol. The number of hydrogen-bond acceptors (Lipinski definition) is 2. The molecule has 0 unspecified atom stereocenters. The first-order valence-electron chi connectivity index (χ1n) is 6.24. The van der Waals surface area contributed by atoms with Gasteiger partial charge in [0, 0.05) is 38.8 Å². The van der Waals surface area contributed by atoms with Crippen molar-refractivity contribution >= 4 is 5.69 Å². The number of halogens is 2. The number of benzene rings is 1. The number of allylic oxidation sites excluding steroid dienone is 1. The highest BCUT2D eigenvalue weighted by atomic mass is 19.1. The third-order valence-corrected chi connectivity index (χ3v) is 3.22. The highest BCUT2D eigenvalue weighted by molar-refractivity contribution is 5.48. The third-order valence-electron chi connectivity index (χ3n) is 3.22. The smallest absolute Gasteiger partial charge is 0.149 e. The summed E-state index contributed by atoms with van der Waals surface area (Å²) < 4.78 is 26.5. The van der Waals surface area contributed by atoms with Crippen LogP contribution in [0.2, 0.25) is 0 Å². The second-order valence-electron chi connectivity index (χ2n) is 4.45. The van der Waals surface area contributed by atoms with Crippen molar-refractivity contribution in [3.05, 3.63) is 42.0 Å². The fraction of sp³-hybridized carbons (Fsp3) is 0.429. The summed E-state index contributed by atoms with van der Waals surface area (Å²) in [6.45, 7) is 6.31. The van der Waals surface area contributed by atoms with E-state index in [9.17, 15) is 8.78 Å². The predicted molar refractivity (Wildman–Crippen MR) is 69.8 cm³/mol. The van der Waals surface area contributed by atoms with Crippen molar-refractivity contribution in [1.29, 1.82) is 0 Å². The van der Waals surface area contributed by atoms with Gasteiger partial charge in [0.05, 0.1) is 5.69 Å². The Morgan fingerprint density at radius 3 is 2.50 bits per heavy atom. The fourth-order valence-electron chi connectivity index (χ4n) is 2.16. The molecule has 1 aliphatic rings. The Balaban J connectivity index is 1.96. The number of rotatable bonds is 3. The van der Waals surface area contributed by atoms with Crippen LogP contribution < -0.4 is 4.90 Å². The lowest BCUT2D eigenvalue weighted by Gasteiger charge is -2.35. The second kappa shape index (κ2) is 5.96. The van der Waals surface area contributed by atoms with Crippen LogP contribution in [0.4, 0.5) is 14.5 Å². The van der Waals surface area contributed by atoms with Crippen LogP contribution in [-0.4, -0.2) is 37.6 Å². The Morgan fingerprint density at radius 2 is 1.89 bits per heavy atom. The number of piperazine rings is 1. The van der Waals surface area contributed by atoms with E-state index < -0.39 is 11.6 Å². The first-order valence-corrected chi connectivity index (χ1v) is 6.24. The minimum Gasteiger partial charge on any atom is -0.367 e. The van der Waals surface area contributed by atoms with Gasteiger partial charge in [0.2, 0.25) is 0 Å². The standard InChI is InChI=1S/C14H18F2N2/c1-2-3-6-17-7-9-18(10-8-17)14-5-4-12(15)11-13(14)16/h2-5,11H,6-10H2,1H3. The fourth-order valence-corrected chi connectivity index (χ4v) is 2.16. The van der Waals surface area contributed by atoms with Crippen LogP contribution in [0.25, 0.3) is 0 Å². The Labute approximate surface area is 107 Å². The molecule has 0 radical (unpaired) electrons. The van der Waals surface area contributed by atoms with E-state index >= 15 is 0 Å². The average Bonchev–Trinajstić information content (AvgIpc) is 2.37. The quantitative estimate of drug-likeness (QED) is 0.763. The average molecular weight is 252 g/mol. The molecule has 1 aliphatic heterocycles. The molecule has 1 saturated heterocycles. The van der Waals surface area contributed by atoms with Crippen LogP contribution in [0.1, 0.15) is 6.92 Å². The molecule has 1 heterocycles. The first-order chi connectivity index (χ1) is 8.70. The summed E-state index contributed by atoms with van der Waals surface area (Å²) in [4.78, 5) is 4.29. The van der Waals surface area contributed by atoms with E-state index in [1.54, 1.807) is 0 Å². The van der Waals surface area contributed by atoms with E-state index in [2.05, 4.69) is 11.0 Å². The van der Waals surface area contributed by atoms with E-state index in [1.807, 2.05) is 17.9 Å². The first kappa shape index (κ1) is 13.0. The maximum absolute atomic E-state index is 13.6. The second-order valence-corrected chi connectivity index (χ2v) is 4.45. The number of anilines is 1. The van der Waals surface area contributed by atoms with Gasteiger partial charge in [0.15, 0.2) is 0 Å². The number of hydrogen-bond donors (Lipinski definition) is 0. The minimum absolute atomic E-state index is 0.475. The lowest BCUT2D eigenvalue weighted by molar-refractivity contribution is 0.283. The Hall–Kier alpha value is -1.42. The van der Waals surface area contributed by atoms with Crippen LogP contribution in [0.3, 0.4) is 0 Å². The van der Waals surface area contributed by atoms with E-state index in [4.69, 9.17) is 0 Å². The van der Waals surface area contributed by atoms with E-state index in [1.165, 1.54) is 12.1 Å². The van der Waals surface area contributed by atoms with Gasteiger partial charge >= 0.3 is 0 Å². The molecule has 0 aromatic heterocycles. The maximum atomic E-state index is 13.6. The van der Waals surface area contributed by atoms with Crippen LogP contribution in [0.5, 0.6) is 0 Å². The van der Waals surface area contributed by atoms with Crippen molar-refractivity contribution in [1.82, 2.24) is 4.90 Å². The molecule has 0 spiro atoms. The molecule has 2 rings (SSSR count). The zero-order chi connectivity index (χ0) is 13.0. The van der Waals surface area contributed by atoms with Crippen LogP contribution in [0, 0.1) is 11.6 Å². The summed E-state index contributed by atoms with van der Waals surface area (Å²) in [5, 5.41) is 0. The SMILES string of the molecule is CC=CCN1CCN(c2ccc(F)cc2F)CC1. The molecule has 0 amide bonds.